The van der Waals surface area contributed by atoms with Gasteiger partial charge in [0.05, 0.1) is 17.7 Å². The summed E-state index contributed by atoms with van der Waals surface area (Å²) in [6.07, 6.45) is 4.97. The highest BCUT2D eigenvalue weighted by Gasteiger charge is 2.19. The molecule has 0 radical (unpaired) electrons. The maximum atomic E-state index is 11.7. The number of aromatic nitrogens is 3. The second kappa shape index (κ2) is 6.23. The molecule has 2 aromatic rings. The zero-order valence-electron chi connectivity index (χ0n) is 11.7. The number of rotatable bonds is 3. The van der Waals surface area contributed by atoms with Crippen molar-refractivity contribution in [2.75, 3.05) is 18.6 Å². The molecule has 2 aromatic heterocycles. The van der Waals surface area contributed by atoms with Crippen LogP contribution in [-0.4, -0.2) is 39.2 Å². The SMILES string of the molecule is COC(=O)c1cc(Cl)c2nnc(CC3CCSCC3)n2c1. The van der Waals surface area contributed by atoms with Gasteiger partial charge in [-0.15, -0.1) is 10.2 Å². The molecule has 0 N–H and O–H groups in total. The number of hydrogen-bond acceptors (Lipinski definition) is 5. The maximum absolute atomic E-state index is 11.7. The van der Waals surface area contributed by atoms with Gasteiger partial charge in [0.2, 0.25) is 0 Å². The average molecular weight is 326 g/mol. The summed E-state index contributed by atoms with van der Waals surface area (Å²) in [6.45, 7) is 0. The highest BCUT2D eigenvalue weighted by Crippen LogP contribution is 2.26. The van der Waals surface area contributed by atoms with Crippen LogP contribution in [0.25, 0.3) is 5.65 Å². The second-order valence-corrected chi connectivity index (χ2v) is 6.77. The zero-order valence-corrected chi connectivity index (χ0v) is 13.3. The molecule has 3 heterocycles. The van der Waals surface area contributed by atoms with Crippen molar-refractivity contribution in [1.29, 1.82) is 0 Å². The number of pyridine rings is 1. The molecule has 5 nitrogen and oxygen atoms in total. The van der Waals surface area contributed by atoms with Crippen LogP contribution in [0.5, 0.6) is 0 Å². The predicted octanol–water partition coefficient (Wildman–Crippen LogP) is 2.86. The van der Waals surface area contributed by atoms with Crippen LogP contribution in [0.15, 0.2) is 12.3 Å². The van der Waals surface area contributed by atoms with Crippen molar-refractivity contribution in [2.45, 2.75) is 19.3 Å². The van der Waals surface area contributed by atoms with Gasteiger partial charge in [0.15, 0.2) is 5.65 Å². The molecule has 0 atom stereocenters. The molecule has 1 aliphatic heterocycles. The molecule has 21 heavy (non-hydrogen) atoms. The van der Waals surface area contributed by atoms with Crippen LogP contribution < -0.4 is 0 Å². The van der Waals surface area contributed by atoms with Gasteiger partial charge in [-0.05, 0) is 36.3 Å². The topological polar surface area (TPSA) is 56.5 Å². The molecule has 0 aromatic carbocycles. The molecule has 0 spiro atoms. The summed E-state index contributed by atoms with van der Waals surface area (Å²) >= 11 is 8.19. The number of ether oxygens (including phenoxy) is 1. The van der Waals surface area contributed by atoms with Crippen LogP contribution in [-0.2, 0) is 11.2 Å². The fourth-order valence-corrected chi connectivity index (χ4v) is 4.03. The minimum Gasteiger partial charge on any atom is -0.465 e. The summed E-state index contributed by atoms with van der Waals surface area (Å²) in [5.74, 6) is 3.48. The van der Waals surface area contributed by atoms with Gasteiger partial charge in [-0.1, -0.05) is 11.6 Å². The van der Waals surface area contributed by atoms with Gasteiger partial charge in [0.1, 0.15) is 5.82 Å². The Morgan fingerprint density at radius 1 is 1.48 bits per heavy atom. The van der Waals surface area contributed by atoms with Gasteiger partial charge in [0, 0.05) is 12.6 Å². The summed E-state index contributed by atoms with van der Waals surface area (Å²) in [7, 11) is 1.35. The number of fused-ring (bicyclic) bond motifs is 1. The molecule has 0 amide bonds. The fraction of sp³-hybridized carbons (Fsp3) is 0.500. The van der Waals surface area contributed by atoms with E-state index in [9.17, 15) is 4.79 Å². The van der Waals surface area contributed by atoms with Gasteiger partial charge >= 0.3 is 5.97 Å². The van der Waals surface area contributed by atoms with Gasteiger partial charge in [-0.25, -0.2) is 4.79 Å². The molecular formula is C14H16ClN3O2S. The fourth-order valence-electron chi connectivity index (χ4n) is 2.58. The highest BCUT2D eigenvalue weighted by molar-refractivity contribution is 7.99. The van der Waals surface area contributed by atoms with Crippen molar-refractivity contribution in [1.82, 2.24) is 14.6 Å². The summed E-state index contributed by atoms with van der Waals surface area (Å²) < 4.78 is 6.57. The molecule has 0 bridgehead atoms. The van der Waals surface area contributed by atoms with Crippen molar-refractivity contribution < 1.29 is 9.53 Å². The Hall–Kier alpha value is -1.27. The zero-order chi connectivity index (χ0) is 14.8. The number of hydrogen-bond donors (Lipinski definition) is 0. The van der Waals surface area contributed by atoms with Crippen LogP contribution >= 0.6 is 23.4 Å². The normalized spacial score (nSPS) is 16.3. The minimum absolute atomic E-state index is 0.410. The number of carbonyl (C=O) groups is 1. The van der Waals surface area contributed by atoms with Crippen LogP contribution in [0.3, 0.4) is 0 Å². The van der Waals surface area contributed by atoms with E-state index in [1.165, 1.54) is 31.5 Å². The molecule has 1 saturated heterocycles. The third-order valence-electron chi connectivity index (χ3n) is 3.76. The van der Waals surface area contributed by atoms with Crippen molar-refractivity contribution >= 4 is 35.0 Å². The van der Waals surface area contributed by atoms with Gasteiger partial charge in [-0.2, -0.15) is 11.8 Å². The van der Waals surface area contributed by atoms with E-state index in [0.717, 1.165) is 12.2 Å². The van der Waals surface area contributed by atoms with E-state index in [1.54, 1.807) is 12.3 Å². The lowest BCUT2D eigenvalue weighted by Gasteiger charge is -2.20. The van der Waals surface area contributed by atoms with E-state index in [0.29, 0.717) is 22.2 Å². The van der Waals surface area contributed by atoms with Crippen molar-refractivity contribution in [3.05, 3.63) is 28.7 Å². The summed E-state index contributed by atoms with van der Waals surface area (Å²) in [6, 6.07) is 1.57. The Kier molecular flexibility index (Phi) is 4.35. The first-order valence-corrected chi connectivity index (χ1v) is 8.41. The lowest BCUT2D eigenvalue weighted by atomic mass is 9.98. The Morgan fingerprint density at radius 2 is 2.24 bits per heavy atom. The van der Waals surface area contributed by atoms with E-state index < -0.39 is 5.97 Å². The third kappa shape index (κ3) is 3.01. The Morgan fingerprint density at radius 3 is 2.95 bits per heavy atom. The molecule has 0 aliphatic carbocycles. The van der Waals surface area contributed by atoms with Crippen LogP contribution in [0, 0.1) is 5.92 Å². The summed E-state index contributed by atoms with van der Waals surface area (Å²) in [5.41, 5.74) is 1.000. The second-order valence-electron chi connectivity index (χ2n) is 5.14. The first kappa shape index (κ1) is 14.7. The number of carbonyl (C=O) groups excluding carboxylic acids is 1. The van der Waals surface area contributed by atoms with E-state index >= 15 is 0 Å². The third-order valence-corrected chi connectivity index (χ3v) is 5.09. The quantitative estimate of drug-likeness (QED) is 0.812. The molecule has 112 valence electrons. The van der Waals surface area contributed by atoms with Gasteiger partial charge < -0.3 is 4.74 Å². The lowest BCUT2D eigenvalue weighted by Crippen LogP contribution is -2.14. The number of esters is 1. The Bertz CT molecular complexity index is 668. The lowest BCUT2D eigenvalue weighted by molar-refractivity contribution is 0.0600. The molecule has 1 fully saturated rings. The summed E-state index contributed by atoms with van der Waals surface area (Å²) in [4.78, 5) is 11.7. The standard InChI is InChI=1S/C14H16ClN3O2S/c1-20-14(19)10-7-11(15)13-17-16-12(18(13)8-10)6-9-2-4-21-5-3-9/h7-9H,2-6H2,1H3. The van der Waals surface area contributed by atoms with Crippen molar-refractivity contribution in [3.8, 4) is 0 Å². The van der Waals surface area contributed by atoms with Crippen LogP contribution in [0.4, 0.5) is 0 Å². The smallest absolute Gasteiger partial charge is 0.339 e. The summed E-state index contributed by atoms with van der Waals surface area (Å²) in [5, 5.41) is 8.79. The number of halogens is 1. The van der Waals surface area contributed by atoms with Gasteiger partial charge in [0.25, 0.3) is 0 Å². The molecule has 7 heteroatoms. The maximum Gasteiger partial charge on any atom is 0.339 e. The van der Waals surface area contributed by atoms with Crippen LogP contribution in [0.2, 0.25) is 5.02 Å². The highest BCUT2D eigenvalue weighted by atomic mass is 35.5. The van der Waals surface area contributed by atoms with Crippen LogP contribution in [0.1, 0.15) is 29.0 Å². The van der Waals surface area contributed by atoms with E-state index in [4.69, 9.17) is 16.3 Å². The average Bonchev–Trinajstić information content (AvgIpc) is 2.91. The Balaban J connectivity index is 1.95. The van der Waals surface area contributed by atoms with Crippen molar-refractivity contribution in [3.63, 3.8) is 0 Å². The van der Waals surface area contributed by atoms with Gasteiger partial charge in [-0.3, -0.25) is 4.40 Å². The number of nitrogens with zero attached hydrogens (tertiary/aromatic N) is 3. The van der Waals surface area contributed by atoms with E-state index in [-0.39, 0.29) is 0 Å². The molecule has 0 saturated carbocycles. The number of methoxy groups -OCH3 is 1. The molecule has 3 rings (SSSR count). The molecule has 0 unspecified atom stereocenters. The molecular weight excluding hydrogens is 310 g/mol. The van der Waals surface area contributed by atoms with Crippen molar-refractivity contribution in [2.24, 2.45) is 5.92 Å². The number of thioether (sulfide) groups is 1. The first-order valence-electron chi connectivity index (χ1n) is 6.88. The van der Waals surface area contributed by atoms with E-state index in [1.807, 2.05) is 16.2 Å². The monoisotopic (exact) mass is 325 g/mol. The molecule has 1 aliphatic rings. The first-order chi connectivity index (χ1) is 10.2. The largest absolute Gasteiger partial charge is 0.465 e. The van der Waals surface area contributed by atoms with E-state index in [2.05, 4.69) is 10.2 Å². The predicted molar refractivity (Wildman–Crippen MR) is 83.1 cm³/mol. The Labute approximate surface area is 132 Å². The minimum atomic E-state index is -0.410.